The Morgan fingerprint density at radius 3 is 2.81 bits per heavy atom. The lowest BCUT2D eigenvalue weighted by atomic mass is 10.0. The molecule has 2 rings (SSSR count). The van der Waals surface area contributed by atoms with E-state index in [9.17, 15) is 0 Å². The normalized spacial score (nSPS) is 26.1. The van der Waals surface area contributed by atoms with Gasteiger partial charge >= 0.3 is 0 Å². The molecule has 1 aliphatic heterocycles. The van der Waals surface area contributed by atoms with Crippen molar-refractivity contribution in [3.8, 4) is 0 Å². The van der Waals surface area contributed by atoms with Gasteiger partial charge in [0, 0.05) is 6.42 Å². The molecule has 0 amide bonds. The van der Waals surface area contributed by atoms with Gasteiger partial charge in [-0.2, -0.15) is 5.06 Å². The molecule has 0 bridgehead atoms. The highest BCUT2D eigenvalue weighted by Gasteiger charge is 2.39. The topological polar surface area (TPSA) is 41.9 Å². The quantitative estimate of drug-likeness (QED) is 0.831. The Hall–Kier alpha value is -0.940. The highest BCUT2D eigenvalue weighted by molar-refractivity contribution is 5.16. The fourth-order valence-electron chi connectivity index (χ4n) is 1.93. The van der Waals surface area contributed by atoms with Crippen LogP contribution in [0.4, 0.5) is 0 Å². The van der Waals surface area contributed by atoms with Crippen molar-refractivity contribution >= 4 is 0 Å². The summed E-state index contributed by atoms with van der Waals surface area (Å²) in [6, 6.07) is 10.1. The molecule has 1 aromatic carbocycles. The summed E-state index contributed by atoms with van der Waals surface area (Å²) in [5.41, 5.74) is 0.711. The molecular formula is C12H17NO3. The van der Waals surface area contributed by atoms with Gasteiger partial charge in [0.05, 0.1) is 13.2 Å². The maximum absolute atomic E-state index is 8.95. The first kappa shape index (κ1) is 11.5. The van der Waals surface area contributed by atoms with E-state index in [4.69, 9.17) is 14.7 Å². The van der Waals surface area contributed by atoms with Gasteiger partial charge in [0.1, 0.15) is 5.72 Å². The minimum Gasteiger partial charge on any atom is -0.395 e. The molecular weight excluding hydrogens is 206 g/mol. The summed E-state index contributed by atoms with van der Waals surface area (Å²) >= 11 is 0. The maximum atomic E-state index is 8.95. The number of β-amino-alcohol motifs (C(OH)–C–C–N with tert-alkyl or cyclic N) is 1. The predicted octanol–water partition coefficient (Wildman–Crippen LogP) is 1.16. The molecule has 4 nitrogen and oxygen atoms in total. The Morgan fingerprint density at radius 1 is 1.38 bits per heavy atom. The summed E-state index contributed by atoms with van der Waals surface area (Å²) < 4.78 is 5.60. The molecule has 16 heavy (non-hydrogen) atoms. The van der Waals surface area contributed by atoms with Crippen LogP contribution < -0.4 is 0 Å². The zero-order valence-electron chi connectivity index (χ0n) is 9.43. The number of hydrogen-bond donors (Lipinski definition) is 1. The van der Waals surface area contributed by atoms with Crippen LogP contribution in [0.15, 0.2) is 30.3 Å². The zero-order chi connectivity index (χ0) is 11.4. The Kier molecular flexibility index (Phi) is 3.56. The van der Waals surface area contributed by atoms with Gasteiger partial charge in [0.15, 0.2) is 6.79 Å². The summed E-state index contributed by atoms with van der Waals surface area (Å²) in [7, 11) is 0. The van der Waals surface area contributed by atoms with E-state index in [0.717, 1.165) is 6.42 Å². The second-order valence-electron chi connectivity index (χ2n) is 4.05. The van der Waals surface area contributed by atoms with E-state index >= 15 is 0 Å². The first-order valence-corrected chi connectivity index (χ1v) is 5.44. The van der Waals surface area contributed by atoms with Gasteiger partial charge < -0.3 is 9.84 Å². The van der Waals surface area contributed by atoms with E-state index in [2.05, 4.69) is 12.1 Å². The highest BCUT2D eigenvalue weighted by Crippen LogP contribution is 2.27. The summed E-state index contributed by atoms with van der Waals surface area (Å²) in [5.74, 6) is 0. The van der Waals surface area contributed by atoms with Crippen LogP contribution in [0.1, 0.15) is 12.5 Å². The van der Waals surface area contributed by atoms with Crippen molar-refractivity contribution in [3.05, 3.63) is 35.9 Å². The lowest BCUT2D eigenvalue weighted by molar-refractivity contribution is -0.173. The van der Waals surface area contributed by atoms with Gasteiger partial charge in [-0.15, -0.1) is 0 Å². The van der Waals surface area contributed by atoms with Crippen LogP contribution in [0.25, 0.3) is 0 Å². The highest BCUT2D eigenvalue weighted by atomic mass is 16.9. The summed E-state index contributed by atoms with van der Waals surface area (Å²) in [6.07, 6.45) is 0.744. The molecule has 0 radical (unpaired) electrons. The van der Waals surface area contributed by atoms with E-state index in [0.29, 0.717) is 6.54 Å². The monoisotopic (exact) mass is 223 g/mol. The standard InChI is InChI=1S/C12H17NO3/c1-12(9-11-5-3-2-4-6-11)13(7-8-14)16-10-15-12/h2-6,14H,7-10H2,1H3. The number of benzene rings is 1. The van der Waals surface area contributed by atoms with Gasteiger partial charge in [-0.1, -0.05) is 30.3 Å². The van der Waals surface area contributed by atoms with Crippen LogP contribution >= 0.6 is 0 Å². The smallest absolute Gasteiger partial charge is 0.169 e. The zero-order valence-corrected chi connectivity index (χ0v) is 9.43. The lowest BCUT2D eigenvalue weighted by Gasteiger charge is -2.30. The van der Waals surface area contributed by atoms with Crippen molar-refractivity contribution in [2.24, 2.45) is 0 Å². The minimum absolute atomic E-state index is 0.0632. The van der Waals surface area contributed by atoms with E-state index in [1.54, 1.807) is 5.06 Å². The minimum atomic E-state index is -0.482. The molecule has 1 aliphatic rings. The largest absolute Gasteiger partial charge is 0.395 e. The SMILES string of the molecule is CC1(Cc2ccccc2)OCON1CCO. The number of ether oxygens (including phenoxy) is 1. The number of aliphatic hydroxyl groups excluding tert-OH is 1. The third-order valence-electron chi connectivity index (χ3n) is 2.78. The van der Waals surface area contributed by atoms with Crippen LogP contribution in [-0.2, 0) is 16.0 Å². The lowest BCUT2D eigenvalue weighted by Crippen LogP contribution is -2.44. The fraction of sp³-hybridized carbons (Fsp3) is 0.500. The van der Waals surface area contributed by atoms with Crippen LogP contribution in [0.5, 0.6) is 0 Å². The summed E-state index contributed by atoms with van der Waals surface area (Å²) in [4.78, 5) is 5.33. The Morgan fingerprint density at radius 2 is 2.12 bits per heavy atom. The van der Waals surface area contributed by atoms with Gasteiger partial charge in [-0.3, -0.25) is 4.84 Å². The van der Waals surface area contributed by atoms with Crippen molar-refractivity contribution < 1.29 is 14.7 Å². The summed E-state index contributed by atoms with van der Waals surface area (Å²) in [6.45, 7) is 2.75. The second kappa shape index (κ2) is 4.93. The third kappa shape index (κ3) is 2.41. The molecule has 1 fully saturated rings. The molecule has 0 spiro atoms. The summed E-state index contributed by atoms with van der Waals surface area (Å²) in [5, 5.41) is 10.7. The Labute approximate surface area is 95.4 Å². The van der Waals surface area contributed by atoms with Gasteiger partial charge in [0.2, 0.25) is 0 Å². The number of nitrogens with zero attached hydrogens (tertiary/aromatic N) is 1. The first-order valence-electron chi connectivity index (χ1n) is 5.44. The van der Waals surface area contributed by atoms with E-state index in [-0.39, 0.29) is 13.4 Å². The van der Waals surface area contributed by atoms with Gasteiger partial charge in [-0.25, -0.2) is 0 Å². The van der Waals surface area contributed by atoms with Crippen molar-refractivity contribution in [2.75, 3.05) is 19.9 Å². The number of hydrogen-bond acceptors (Lipinski definition) is 4. The molecule has 1 heterocycles. The predicted molar refractivity (Wildman–Crippen MR) is 59.4 cm³/mol. The molecule has 0 aliphatic carbocycles. The fourth-order valence-corrected chi connectivity index (χ4v) is 1.93. The van der Waals surface area contributed by atoms with Crippen LogP contribution in [0.2, 0.25) is 0 Å². The van der Waals surface area contributed by atoms with Crippen LogP contribution in [0, 0.1) is 0 Å². The average Bonchev–Trinajstić information content (AvgIpc) is 2.62. The first-order chi connectivity index (χ1) is 7.74. The molecule has 0 saturated carbocycles. The van der Waals surface area contributed by atoms with Crippen molar-refractivity contribution in [2.45, 2.75) is 19.1 Å². The third-order valence-corrected chi connectivity index (χ3v) is 2.78. The van der Waals surface area contributed by atoms with E-state index in [1.807, 2.05) is 25.1 Å². The number of aliphatic hydroxyl groups is 1. The van der Waals surface area contributed by atoms with Gasteiger partial charge in [0.25, 0.3) is 0 Å². The number of hydroxylamine groups is 2. The van der Waals surface area contributed by atoms with Gasteiger partial charge in [-0.05, 0) is 12.5 Å². The molecule has 1 aromatic rings. The van der Waals surface area contributed by atoms with Crippen molar-refractivity contribution in [3.63, 3.8) is 0 Å². The molecule has 1 saturated heterocycles. The van der Waals surface area contributed by atoms with Crippen LogP contribution in [-0.4, -0.2) is 35.8 Å². The maximum Gasteiger partial charge on any atom is 0.169 e. The molecule has 88 valence electrons. The molecule has 4 heteroatoms. The molecule has 0 aromatic heterocycles. The molecule has 1 atom stereocenters. The van der Waals surface area contributed by atoms with Crippen molar-refractivity contribution in [1.82, 2.24) is 5.06 Å². The molecule has 1 N–H and O–H groups in total. The Bertz CT molecular complexity index is 330. The van der Waals surface area contributed by atoms with Crippen LogP contribution in [0.3, 0.4) is 0 Å². The average molecular weight is 223 g/mol. The van der Waals surface area contributed by atoms with Crippen molar-refractivity contribution in [1.29, 1.82) is 0 Å². The van der Waals surface area contributed by atoms with E-state index in [1.165, 1.54) is 5.56 Å². The van der Waals surface area contributed by atoms with E-state index < -0.39 is 5.72 Å². The number of rotatable bonds is 4. The second-order valence-corrected chi connectivity index (χ2v) is 4.05. The Balaban J connectivity index is 2.07. The molecule has 1 unspecified atom stereocenters.